The maximum atomic E-state index is 14.8. The fourth-order valence-corrected chi connectivity index (χ4v) is 7.75. The number of amides is 6. The number of imide groups is 1. The van der Waals surface area contributed by atoms with Crippen LogP contribution in [0, 0.1) is 19.7 Å². The number of nitrogen functional groups attached to an aromatic ring is 1. The van der Waals surface area contributed by atoms with Crippen LogP contribution in [0.1, 0.15) is 46.7 Å². The van der Waals surface area contributed by atoms with E-state index in [0.29, 0.717) is 38.4 Å². The molecule has 0 radical (unpaired) electrons. The number of nitrogens with one attached hydrogen (secondary N) is 4. The van der Waals surface area contributed by atoms with Gasteiger partial charge in [-0.05, 0) is 37.5 Å². The van der Waals surface area contributed by atoms with E-state index in [2.05, 4.69) is 21.3 Å². The van der Waals surface area contributed by atoms with Gasteiger partial charge in [-0.3, -0.25) is 43.3 Å². The molecule has 0 saturated carbocycles. The summed E-state index contributed by atoms with van der Waals surface area (Å²) in [6, 6.07) is 10.1. The lowest BCUT2D eigenvalue weighted by molar-refractivity contribution is -0.189. The van der Waals surface area contributed by atoms with E-state index in [1.807, 2.05) is 0 Å². The Labute approximate surface area is 357 Å². The van der Waals surface area contributed by atoms with E-state index >= 15 is 0 Å². The molecule has 5 heterocycles. The fourth-order valence-electron chi connectivity index (χ4n) is 7.75. The van der Waals surface area contributed by atoms with Crippen molar-refractivity contribution in [3.8, 4) is 11.4 Å². The lowest BCUT2D eigenvalue weighted by Crippen LogP contribution is -2.53. The number of cyclic esters (lactones) is 1. The summed E-state index contributed by atoms with van der Waals surface area (Å²) in [5.41, 5.74) is 7.27. The number of halogens is 1. The normalized spacial score (nSPS) is 16.4. The van der Waals surface area contributed by atoms with Gasteiger partial charge >= 0.3 is 11.9 Å². The maximum absolute atomic E-state index is 14.8. The maximum Gasteiger partial charge on any atom is 0.355 e. The molecule has 0 aliphatic carbocycles. The smallest absolute Gasteiger partial charge is 0.355 e. The Morgan fingerprint density at radius 1 is 0.905 bits per heavy atom. The van der Waals surface area contributed by atoms with Crippen molar-refractivity contribution in [2.45, 2.75) is 58.4 Å². The number of nitrogens with two attached hydrogens (primary N) is 1. The van der Waals surface area contributed by atoms with Gasteiger partial charge in [-0.1, -0.05) is 37.3 Å². The van der Waals surface area contributed by atoms with Crippen molar-refractivity contribution in [2.75, 3.05) is 31.9 Å². The quantitative estimate of drug-likeness (QED) is 0.0559. The van der Waals surface area contributed by atoms with Crippen LogP contribution in [-0.4, -0.2) is 94.1 Å². The molecule has 0 bridgehead atoms. The Morgan fingerprint density at radius 2 is 1.59 bits per heavy atom. The fraction of sp³-hybridized carbons (Fsp3) is 0.302. The highest BCUT2D eigenvalue weighted by molar-refractivity contribution is 6.14. The van der Waals surface area contributed by atoms with Crippen LogP contribution < -0.4 is 32.6 Å². The van der Waals surface area contributed by atoms with Gasteiger partial charge < -0.3 is 41.0 Å². The summed E-state index contributed by atoms with van der Waals surface area (Å²) in [5.74, 6) is -7.14. The topological polar surface area (TPSA) is 267 Å². The average Bonchev–Trinajstić information content (AvgIpc) is 3.79. The second-order valence-electron chi connectivity index (χ2n) is 15.1. The number of carbonyl (C=O) groups is 8. The number of benzene rings is 2. The van der Waals surface area contributed by atoms with Crippen molar-refractivity contribution >= 4 is 64.0 Å². The van der Waals surface area contributed by atoms with Gasteiger partial charge in [0.15, 0.2) is 0 Å². The zero-order chi connectivity index (χ0) is 45.3. The molecule has 4 aromatic rings. The molecule has 6 N–H and O–H groups in total. The second-order valence-corrected chi connectivity index (χ2v) is 15.1. The van der Waals surface area contributed by atoms with E-state index in [9.17, 15) is 47.5 Å². The Balaban J connectivity index is 1.03. The third kappa shape index (κ3) is 8.33. The van der Waals surface area contributed by atoms with E-state index in [1.165, 1.54) is 10.6 Å². The molecule has 3 aliphatic heterocycles. The Hall–Kier alpha value is -7.77. The molecule has 6 amide bonds. The number of aryl methyl sites for hydroxylation is 1. The molecule has 0 spiro atoms. The molecule has 0 fully saturated rings. The number of anilines is 1. The third-order valence-corrected chi connectivity index (χ3v) is 11.2. The van der Waals surface area contributed by atoms with E-state index in [0.717, 1.165) is 12.2 Å². The number of hydrogen-bond donors (Lipinski definition) is 5. The zero-order valence-electron chi connectivity index (χ0n) is 34.2. The average molecular weight is 865 g/mol. The number of rotatable bonds is 14. The molecule has 0 saturated heterocycles. The lowest BCUT2D eigenvalue weighted by Gasteiger charge is -2.35. The molecule has 20 heteroatoms. The van der Waals surface area contributed by atoms with Gasteiger partial charge in [0, 0.05) is 52.4 Å². The first kappa shape index (κ1) is 43.3. The number of aromatic nitrogens is 2. The summed E-state index contributed by atoms with van der Waals surface area (Å²) >= 11 is 0. The van der Waals surface area contributed by atoms with Crippen molar-refractivity contribution in [1.82, 2.24) is 35.7 Å². The van der Waals surface area contributed by atoms with Crippen LogP contribution in [0.5, 0.6) is 0 Å². The van der Waals surface area contributed by atoms with Crippen LogP contribution in [0.25, 0.3) is 22.3 Å². The highest BCUT2D eigenvalue weighted by atomic mass is 19.1. The van der Waals surface area contributed by atoms with Crippen molar-refractivity contribution in [3.63, 3.8) is 0 Å². The highest BCUT2D eigenvalue weighted by Gasteiger charge is 2.50. The Morgan fingerprint density at radius 3 is 2.29 bits per heavy atom. The number of esters is 2. The molecule has 2 aromatic carbocycles. The summed E-state index contributed by atoms with van der Waals surface area (Å²) in [5, 5.41) is 10.0. The SMILES string of the molecule is CC[C@@]1(OC(=O)CNC(=O)[C@H](Cc2ccccc2)NC(=O)CNC(=O)CNC(=O)CN2C(=O)C=CC2=O)C(=O)OCc2c1cc1n(c2=O)Cc2c-1nc1cc(F)c(C)c(N)c1c2C. The first-order valence-corrected chi connectivity index (χ1v) is 19.7. The van der Waals surface area contributed by atoms with Gasteiger partial charge in [0.05, 0.1) is 42.1 Å². The highest BCUT2D eigenvalue weighted by Crippen LogP contribution is 2.43. The van der Waals surface area contributed by atoms with Crippen LogP contribution in [0.2, 0.25) is 0 Å². The molecular formula is C43H41FN8O11. The van der Waals surface area contributed by atoms with Gasteiger partial charge in [-0.2, -0.15) is 0 Å². The van der Waals surface area contributed by atoms with E-state index in [-0.39, 0.29) is 47.3 Å². The van der Waals surface area contributed by atoms with Gasteiger partial charge in [0.25, 0.3) is 17.4 Å². The number of carbonyl (C=O) groups excluding carboxylic acids is 8. The van der Waals surface area contributed by atoms with Crippen molar-refractivity contribution in [1.29, 1.82) is 0 Å². The second kappa shape index (κ2) is 17.3. The molecule has 2 atom stereocenters. The predicted molar refractivity (Wildman–Crippen MR) is 219 cm³/mol. The predicted octanol–water partition coefficient (Wildman–Crippen LogP) is -0.0303. The van der Waals surface area contributed by atoms with Gasteiger partial charge in [-0.25, -0.2) is 14.2 Å². The molecule has 326 valence electrons. The summed E-state index contributed by atoms with van der Waals surface area (Å²) in [7, 11) is 0. The van der Waals surface area contributed by atoms with Crippen LogP contribution >= 0.6 is 0 Å². The van der Waals surface area contributed by atoms with Crippen LogP contribution in [0.15, 0.2) is 59.4 Å². The summed E-state index contributed by atoms with van der Waals surface area (Å²) in [4.78, 5) is 121. The summed E-state index contributed by atoms with van der Waals surface area (Å²) in [6.45, 7) is 2.04. The van der Waals surface area contributed by atoms with Crippen molar-refractivity contribution < 1.29 is 52.2 Å². The van der Waals surface area contributed by atoms with E-state index < -0.39 is 103 Å². The van der Waals surface area contributed by atoms with Crippen LogP contribution in [0.3, 0.4) is 0 Å². The first-order chi connectivity index (χ1) is 30.0. The van der Waals surface area contributed by atoms with Crippen molar-refractivity contribution in [2.24, 2.45) is 0 Å². The van der Waals surface area contributed by atoms with E-state index in [4.69, 9.17) is 20.2 Å². The monoisotopic (exact) mass is 864 g/mol. The number of ether oxygens (including phenoxy) is 2. The molecule has 19 nitrogen and oxygen atoms in total. The molecule has 7 rings (SSSR count). The number of fused-ring (bicyclic) bond motifs is 5. The molecule has 3 aliphatic rings. The molecule has 2 aromatic heterocycles. The van der Waals surface area contributed by atoms with Gasteiger partial charge in [0.2, 0.25) is 29.2 Å². The summed E-state index contributed by atoms with van der Waals surface area (Å²) < 4.78 is 27.5. The van der Waals surface area contributed by atoms with Gasteiger partial charge in [-0.15, -0.1) is 0 Å². The van der Waals surface area contributed by atoms with Gasteiger partial charge in [0.1, 0.15) is 31.6 Å². The minimum absolute atomic E-state index is 0.0446. The van der Waals surface area contributed by atoms with Crippen LogP contribution in [-0.2, 0) is 73.0 Å². The Kier molecular flexibility index (Phi) is 11.9. The summed E-state index contributed by atoms with van der Waals surface area (Å²) in [6.07, 6.45) is 1.80. The zero-order valence-corrected chi connectivity index (χ0v) is 34.2. The Bertz CT molecular complexity index is 2730. The van der Waals surface area contributed by atoms with E-state index in [1.54, 1.807) is 57.2 Å². The number of hydrogen-bond acceptors (Lipinski definition) is 13. The minimum Gasteiger partial charge on any atom is -0.457 e. The standard InChI is InChI=1S/C43H41FN8O11/c1-4-43(26-13-30-39-24(18-51(30)41(60)25(26)20-62-42(43)61)21(2)37-28(50-39)14-27(44)22(3)38(37)45)63-36(58)17-48-40(59)29(12-23-8-6-5-7-9-23)49-32(54)16-46-31(53)15-47-33(55)19-52-34(56)10-11-35(52)57/h5-11,13-14,29H,4,12,15-20,45H2,1-3H3,(H,46,53)(H,47,55)(H,48,59)(H,49,54)/t29-,43-/m0/s1. The number of pyridine rings is 2. The molecule has 63 heavy (non-hydrogen) atoms. The largest absolute Gasteiger partial charge is 0.457 e. The molecular weight excluding hydrogens is 824 g/mol. The number of nitrogens with zero attached hydrogens (tertiary/aromatic N) is 3. The molecule has 0 unspecified atom stereocenters. The minimum atomic E-state index is -2.11. The third-order valence-electron chi connectivity index (χ3n) is 11.2. The lowest BCUT2D eigenvalue weighted by atomic mass is 9.85. The van der Waals surface area contributed by atoms with Crippen molar-refractivity contribution in [3.05, 3.63) is 104 Å². The first-order valence-electron chi connectivity index (χ1n) is 19.7. The van der Waals surface area contributed by atoms with Crippen LogP contribution in [0.4, 0.5) is 10.1 Å².